The van der Waals surface area contributed by atoms with Crippen molar-refractivity contribution in [1.29, 1.82) is 0 Å². The maximum atomic E-state index is 11.0. The van der Waals surface area contributed by atoms with Gasteiger partial charge in [0.05, 0.1) is 5.75 Å². The maximum Gasteiger partial charge on any atom is 0.163 e. The van der Waals surface area contributed by atoms with Crippen LogP contribution in [0.2, 0.25) is 0 Å². The fourth-order valence-electron chi connectivity index (χ4n) is 1.53. The summed E-state index contributed by atoms with van der Waals surface area (Å²) in [4.78, 5) is 0. The number of anilines is 1. The molecule has 0 radical (unpaired) electrons. The van der Waals surface area contributed by atoms with Gasteiger partial charge in [-0.3, -0.25) is 0 Å². The fourth-order valence-corrected chi connectivity index (χ4v) is 2.01. The van der Waals surface area contributed by atoms with Gasteiger partial charge in [-0.25, -0.2) is 8.42 Å². The van der Waals surface area contributed by atoms with Crippen molar-refractivity contribution in [2.75, 3.05) is 37.1 Å². The molecule has 0 spiro atoms. The Labute approximate surface area is 101 Å². The summed E-state index contributed by atoms with van der Waals surface area (Å²) in [6.45, 7) is 1.49. The highest BCUT2D eigenvalue weighted by Gasteiger charge is 2.11. The lowest BCUT2D eigenvalue weighted by Gasteiger charge is -2.19. The van der Waals surface area contributed by atoms with E-state index >= 15 is 0 Å². The number of hydrogen-bond donors (Lipinski definition) is 1. The minimum Gasteiger partial charge on any atom is -0.486 e. The molecule has 5 nitrogen and oxygen atoms in total. The van der Waals surface area contributed by atoms with Crippen LogP contribution in [-0.2, 0) is 9.84 Å². The van der Waals surface area contributed by atoms with Crippen molar-refractivity contribution in [1.82, 2.24) is 0 Å². The van der Waals surface area contributed by atoms with E-state index in [-0.39, 0.29) is 5.75 Å². The highest BCUT2D eigenvalue weighted by Crippen LogP contribution is 2.32. The van der Waals surface area contributed by atoms with Gasteiger partial charge in [0.2, 0.25) is 0 Å². The predicted octanol–water partition coefficient (Wildman–Crippen LogP) is 0.914. The first kappa shape index (κ1) is 12.0. The molecule has 1 aromatic carbocycles. The lowest BCUT2D eigenvalue weighted by molar-refractivity contribution is 0.171. The normalized spacial score (nSPS) is 14.4. The van der Waals surface area contributed by atoms with Crippen LogP contribution in [0.25, 0.3) is 0 Å². The van der Waals surface area contributed by atoms with Crippen LogP contribution in [0.4, 0.5) is 5.69 Å². The number of sulfone groups is 1. The van der Waals surface area contributed by atoms with Crippen molar-refractivity contribution >= 4 is 15.5 Å². The van der Waals surface area contributed by atoms with Crippen LogP contribution in [0.5, 0.6) is 11.5 Å². The van der Waals surface area contributed by atoms with E-state index in [1.807, 2.05) is 18.2 Å². The molecule has 1 aliphatic rings. The molecule has 17 heavy (non-hydrogen) atoms. The summed E-state index contributed by atoms with van der Waals surface area (Å²) in [5.41, 5.74) is 0.831. The smallest absolute Gasteiger partial charge is 0.163 e. The second-order valence-corrected chi connectivity index (χ2v) is 6.17. The van der Waals surface area contributed by atoms with Gasteiger partial charge in [0.25, 0.3) is 0 Å². The van der Waals surface area contributed by atoms with E-state index in [2.05, 4.69) is 5.32 Å². The van der Waals surface area contributed by atoms with E-state index in [0.717, 1.165) is 11.4 Å². The van der Waals surface area contributed by atoms with Crippen molar-refractivity contribution in [3.05, 3.63) is 18.2 Å². The first-order valence-electron chi connectivity index (χ1n) is 5.36. The number of ether oxygens (including phenoxy) is 2. The molecule has 94 valence electrons. The quantitative estimate of drug-likeness (QED) is 0.868. The molecule has 0 aliphatic carbocycles. The minimum absolute atomic E-state index is 0.113. The maximum absolute atomic E-state index is 11.0. The zero-order valence-electron chi connectivity index (χ0n) is 9.60. The predicted molar refractivity (Wildman–Crippen MR) is 65.6 cm³/mol. The van der Waals surface area contributed by atoms with Crippen molar-refractivity contribution in [2.45, 2.75) is 0 Å². The van der Waals surface area contributed by atoms with Crippen LogP contribution < -0.4 is 14.8 Å². The SMILES string of the molecule is CS(=O)(=O)CCNc1ccc2c(c1)OCCO2. The average molecular weight is 257 g/mol. The van der Waals surface area contributed by atoms with Crippen LogP contribution in [0.1, 0.15) is 0 Å². The van der Waals surface area contributed by atoms with Crippen molar-refractivity contribution in [3.8, 4) is 11.5 Å². The van der Waals surface area contributed by atoms with Gasteiger partial charge in [0.15, 0.2) is 11.5 Å². The lowest BCUT2D eigenvalue weighted by atomic mass is 10.2. The molecule has 1 aliphatic heterocycles. The molecule has 1 heterocycles. The zero-order chi connectivity index (χ0) is 12.3. The lowest BCUT2D eigenvalue weighted by Crippen LogP contribution is -2.16. The van der Waals surface area contributed by atoms with Crippen molar-refractivity contribution < 1.29 is 17.9 Å². The van der Waals surface area contributed by atoms with E-state index < -0.39 is 9.84 Å². The van der Waals surface area contributed by atoms with E-state index in [4.69, 9.17) is 9.47 Å². The topological polar surface area (TPSA) is 64.6 Å². The Hall–Kier alpha value is -1.43. The molecule has 1 aromatic rings. The summed E-state index contributed by atoms with van der Waals surface area (Å²) in [7, 11) is -2.93. The summed E-state index contributed by atoms with van der Waals surface area (Å²) in [5, 5.41) is 3.04. The molecule has 0 saturated carbocycles. The van der Waals surface area contributed by atoms with E-state index in [0.29, 0.717) is 25.5 Å². The molecule has 0 aromatic heterocycles. The number of rotatable bonds is 4. The summed E-state index contributed by atoms with van der Waals surface area (Å²) in [6.07, 6.45) is 1.22. The third-order valence-electron chi connectivity index (χ3n) is 2.34. The molecule has 0 fully saturated rings. The Balaban J connectivity index is 1.98. The van der Waals surface area contributed by atoms with E-state index in [9.17, 15) is 8.42 Å². The largest absolute Gasteiger partial charge is 0.486 e. The van der Waals surface area contributed by atoms with Gasteiger partial charge in [-0.1, -0.05) is 0 Å². The van der Waals surface area contributed by atoms with Crippen LogP contribution >= 0.6 is 0 Å². The molecule has 2 rings (SSSR count). The Kier molecular flexibility index (Phi) is 3.42. The molecule has 6 heteroatoms. The van der Waals surface area contributed by atoms with E-state index in [1.165, 1.54) is 6.26 Å². The molecule has 0 amide bonds. The van der Waals surface area contributed by atoms with Crippen molar-refractivity contribution in [3.63, 3.8) is 0 Å². The van der Waals surface area contributed by atoms with Gasteiger partial charge < -0.3 is 14.8 Å². The Bertz CT molecular complexity index is 498. The van der Waals surface area contributed by atoms with Crippen LogP contribution in [-0.4, -0.2) is 40.2 Å². The molecule has 0 bridgehead atoms. The van der Waals surface area contributed by atoms with Gasteiger partial charge in [0, 0.05) is 24.6 Å². The Morgan fingerprint density at radius 2 is 1.94 bits per heavy atom. The van der Waals surface area contributed by atoms with Gasteiger partial charge in [-0.15, -0.1) is 0 Å². The number of nitrogens with one attached hydrogen (secondary N) is 1. The zero-order valence-corrected chi connectivity index (χ0v) is 10.4. The fraction of sp³-hybridized carbons (Fsp3) is 0.455. The molecular formula is C11H15NO4S. The highest BCUT2D eigenvalue weighted by molar-refractivity contribution is 7.90. The molecule has 0 unspecified atom stereocenters. The number of fused-ring (bicyclic) bond motifs is 1. The van der Waals surface area contributed by atoms with Crippen LogP contribution in [0.3, 0.4) is 0 Å². The molecule has 1 N–H and O–H groups in total. The molecule has 0 saturated heterocycles. The summed E-state index contributed by atoms with van der Waals surface area (Å²) in [5.74, 6) is 1.53. The van der Waals surface area contributed by atoms with Gasteiger partial charge in [0.1, 0.15) is 23.1 Å². The Morgan fingerprint density at radius 3 is 2.65 bits per heavy atom. The molecular weight excluding hydrogens is 242 g/mol. The summed E-state index contributed by atoms with van der Waals surface area (Å²) in [6, 6.07) is 5.48. The van der Waals surface area contributed by atoms with E-state index in [1.54, 1.807) is 0 Å². The molecule has 0 atom stereocenters. The van der Waals surface area contributed by atoms with Crippen molar-refractivity contribution in [2.24, 2.45) is 0 Å². The average Bonchev–Trinajstić information content (AvgIpc) is 2.27. The standard InChI is InChI=1S/C11H15NO4S/c1-17(13,14)7-4-12-9-2-3-10-11(8-9)16-6-5-15-10/h2-3,8,12H,4-7H2,1H3. The van der Waals surface area contributed by atoms with Gasteiger partial charge in [-0.2, -0.15) is 0 Å². The third kappa shape index (κ3) is 3.52. The number of hydrogen-bond acceptors (Lipinski definition) is 5. The van der Waals surface area contributed by atoms with Crippen LogP contribution in [0.15, 0.2) is 18.2 Å². The number of benzene rings is 1. The second kappa shape index (κ2) is 4.83. The third-order valence-corrected chi connectivity index (χ3v) is 3.29. The highest BCUT2D eigenvalue weighted by atomic mass is 32.2. The van der Waals surface area contributed by atoms with Gasteiger partial charge in [-0.05, 0) is 12.1 Å². The summed E-state index contributed by atoms with van der Waals surface area (Å²) >= 11 is 0. The van der Waals surface area contributed by atoms with Gasteiger partial charge >= 0.3 is 0 Å². The monoisotopic (exact) mass is 257 g/mol. The van der Waals surface area contributed by atoms with Crippen LogP contribution in [0, 0.1) is 0 Å². The first-order chi connectivity index (χ1) is 8.04. The minimum atomic E-state index is -2.93. The first-order valence-corrected chi connectivity index (χ1v) is 7.42. The summed E-state index contributed by atoms with van der Waals surface area (Å²) < 4.78 is 32.8. The second-order valence-electron chi connectivity index (χ2n) is 3.92. The Morgan fingerprint density at radius 1 is 1.24 bits per heavy atom.